The highest BCUT2D eigenvalue weighted by Gasteiger charge is 2.23. The first-order chi connectivity index (χ1) is 10.1. The van der Waals surface area contributed by atoms with Crippen LogP contribution in [-0.4, -0.2) is 11.4 Å². The molecular formula is C19H24N2. The molecule has 2 aromatic rings. The van der Waals surface area contributed by atoms with E-state index in [0.717, 1.165) is 25.2 Å². The lowest BCUT2D eigenvalue weighted by atomic mass is 9.94. The number of fused-ring (bicyclic) bond motifs is 1. The van der Waals surface area contributed by atoms with Crippen molar-refractivity contribution in [1.82, 2.24) is 4.90 Å². The number of hydrogen-bond donors (Lipinski definition) is 1. The van der Waals surface area contributed by atoms with Gasteiger partial charge in [0.25, 0.3) is 0 Å². The zero-order chi connectivity index (χ0) is 15.0. The summed E-state index contributed by atoms with van der Waals surface area (Å²) in [5.74, 6) is 0. The molecule has 0 bridgehead atoms. The van der Waals surface area contributed by atoms with Crippen LogP contribution >= 0.6 is 0 Å². The van der Waals surface area contributed by atoms with E-state index in [2.05, 4.69) is 56.0 Å². The van der Waals surface area contributed by atoms with Crippen molar-refractivity contribution in [2.45, 2.75) is 39.8 Å². The van der Waals surface area contributed by atoms with Crippen molar-refractivity contribution in [3.05, 3.63) is 64.2 Å². The zero-order valence-corrected chi connectivity index (χ0v) is 13.2. The molecule has 2 N–H and O–H groups in total. The molecule has 1 aliphatic heterocycles. The van der Waals surface area contributed by atoms with Gasteiger partial charge in [0.1, 0.15) is 0 Å². The smallest absolute Gasteiger partial charge is 0.0350 e. The molecule has 110 valence electrons. The Morgan fingerprint density at radius 3 is 2.71 bits per heavy atom. The normalized spacial score (nSPS) is 16.5. The molecular weight excluding hydrogens is 256 g/mol. The predicted octanol–water partition coefficient (Wildman–Crippen LogP) is 4.00. The maximum absolute atomic E-state index is 6.10. The van der Waals surface area contributed by atoms with Gasteiger partial charge in [-0.1, -0.05) is 35.9 Å². The highest BCUT2D eigenvalue weighted by molar-refractivity contribution is 5.52. The fourth-order valence-electron chi connectivity index (χ4n) is 3.48. The quantitative estimate of drug-likeness (QED) is 0.842. The van der Waals surface area contributed by atoms with Crippen molar-refractivity contribution in [3.8, 4) is 0 Å². The fourth-order valence-corrected chi connectivity index (χ4v) is 3.48. The van der Waals surface area contributed by atoms with Gasteiger partial charge >= 0.3 is 0 Å². The van der Waals surface area contributed by atoms with E-state index in [4.69, 9.17) is 5.73 Å². The van der Waals surface area contributed by atoms with Crippen molar-refractivity contribution in [3.63, 3.8) is 0 Å². The summed E-state index contributed by atoms with van der Waals surface area (Å²) in [7, 11) is 0. The maximum atomic E-state index is 6.10. The van der Waals surface area contributed by atoms with Gasteiger partial charge in [-0.15, -0.1) is 0 Å². The molecule has 1 aliphatic rings. The Labute approximate surface area is 127 Å². The molecule has 3 rings (SSSR count). The number of nitrogen functional groups attached to an aromatic ring is 1. The first-order valence-corrected chi connectivity index (χ1v) is 7.73. The first-order valence-electron chi connectivity index (χ1n) is 7.73. The Morgan fingerprint density at radius 1 is 1.14 bits per heavy atom. The summed E-state index contributed by atoms with van der Waals surface area (Å²) in [5, 5.41) is 0. The molecule has 0 saturated carbocycles. The topological polar surface area (TPSA) is 29.3 Å². The average molecular weight is 280 g/mol. The molecule has 1 unspecified atom stereocenters. The van der Waals surface area contributed by atoms with Crippen LogP contribution in [0.1, 0.15) is 40.8 Å². The Kier molecular flexibility index (Phi) is 3.73. The zero-order valence-electron chi connectivity index (χ0n) is 13.2. The molecule has 2 aromatic carbocycles. The van der Waals surface area contributed by atoms with E-state index >= 15 is 0 Å². The van der Waals surface area contributed by atoms with Gasteiger partial charge in [-0.25, -0.2) is 0 Å². The highest BCUT2D eigenvalue weighted by Crippen LogP contribution is 2.31. The van der Waals surface area contributed by atoms with Crippen LogP contribution in [0, 0.1) is 13.8 Å². The summed E-state index contributed by atoms with van der Waals surface area (Å²) in [4.78, 5) is 2.56. The van der Waals surface area contributed by atoms with Crippen LogP contribution in [0.3, 0.4) is 0 Å². The molecule has 0 aliphatic carbocycles. The summed E-state index contributed by atoms with van der Waals surface area (Å²) < 4.78 is 0. The number of anilines is 1. The SMILES string of the molecule is Cc1ccc(C(C)N2CCc3c(N)cccc3C2)c(C)c1. The summed E-state index contributed by atoms with van der Waals surface area (Å²) in [5.41, 5.74) is 13.9. The fraction of sp³-hybridized carbons (Fsp3) is 0.368. The van der Waals surface area contributed by atoms with Gasteiger partial charge in [0.2, 0.25) is 0 Å². The van der Waals surface area contributed by atoms with E-state index < -0.39 is 0 Å². The third kappa shape index (κ3) is 2.68. The Morgan fingerprint density at radius 2 is 1.95 bits per heavy atom. The number of aryl methyl sites for hydroxylation is 2. The van der Waals surface area contributed by atoms with Crippen molar-refractivity contribution in [1.29, 1.82) is 0 Å². The van der Waals surface area contributed by atoms with Crippen molar-refractivity contribution in [2.75, 3.05) is 12.3 Å². The lowest BCUT2D eigenvalue weighted by Crippen LogP contribution is -2.33. The molecule has 0 radical (unpaired) electrons. The van der Waals surface area contributed by atoms with Gasteiger partial charge < -0.3 is 5.73 Å². The lowest BCUT2D eigenvalue weighted by molar-refractivity contribution is 0.192. The molecule has 2 nitrogen and oxygen atoms in total. The van der Waals surface area contributed by atoms with E-state index in [1.807, 2.05) is 6.07 Å². The Hall–Kier alpha value is -1.80. The molecule has 21 heavy (non-hydrogen) atoms. The molecule has 0 spiro atoms. The van der Waals surface area contributed by atoms with Crippen LogP contribution in [0.15, 0.2) is 36.4 Å². The minimum absolute atomic E-state index is 0.445. The highest BCUT2D eigenvalue weighted by atomic mass is 15.2. The third-order valence-corrected chi connectivity index (χ3v) is 4.75. The summed E-state index contributed by atoms with van der Waals surface area (Å²) in [6, 6.07) is 13.5. The number of hydrogen-bond acceptors (Lipinski definition) is 2. The largest absolute Gasteiger partial charge is 0.398 e. The first kappa shape index (κ1) is 14.2. The minimum Gasteiger partial charge on any atom is -0.398 e. The van der Waals surface area contributed by atoms with Gasteiger partial charge in [-0.3, -0.25) is 4.90 Å². The summed E-state index contributed by atoms with van der Waals surface area (Å²) in [6.45, 7) is 8.76. The number of nitrogens with two attached hydrogens (primary N) is 1. The molecule has 0 fully saturated rings. The van der Waals surface area contributed by atoms with Gasteiger partial charge in [0, 0.05) is 24.8 Å². The van der Waals surface area contributed by atoms with Crippen LogP contribution in [0.4, 0.5) is 5.69 Å². The molecule has 0 amide bonds. The number of rotatable bonds is 2. The predicted molar refractivity (Wildman–Crippen MR) is 89.3 cm³/mol. The second-order valence-corrected chi connectivity index (χ2v) is 6.24. The van der Waals surface area contributed by atoms with E-state index in [1.165, 1.54) is 27.8 Å². The van der Waals surface area contributed by atoms with E-state index in [0.29, 0.717) is 6.04 Å². The van der Waals surface area contributed by atoms with Crippen LogP contribution in [0.5, 0.6) is 0 Å². The third-order valence-electron chi connectivity index (χ3n) is 4.75. The second kappa shape index (κ2) is 5.53. The van der Waals surface area contributed by atoms with E-state index in [1.54, 1.807) is 0 Å². The number of benzene rings is 2. The lowest BCUT2D eigenvalue weighted by Gasteiger charge is -2.35. The second-order valence-electron chi connectivity index (χ2n) is 6.24. The van der Waals surface area contributed by atoms with Crippen LogP contribution in [0.2, 0.25) is 0 Å². The average Bonchev–Trinajstić information content (AvgIpc) is 2.46. The van der Waals surface area contributed by atoms with Gasteiger partial charge in [-0.2, -0.15) is 0 Å². The van der Waals surface area contributed by atoms with Gasteiger partial charge in [0.15, 0.2) is 0 Å². The molecule has 0 aromatic heterocycles. The van der Waals surface area contributed by atoms with Crippen LogP contribution < -0.4 is 5.73 Å². The van der Waals surface area contributed by atoms with Crippen LogP contribution in [-0.2, 0) is 13.0 Å². The molecule has 1 atom stereocenters. The summed E-state index contributed by atoms with van der Waals surface area (Å²) >= 11 is 0. The Bertz CT molecular complexity index is 661. The molecule has 0 saturated heterocycles. The maximum Gasteiger partial charge on any atom is 0.0350 e. The molecule has 2 heteroatoms. The summed E-state index contributed by atoms with van der Waals surface area (Å²) in [6.07, 6.45) is 1.05. The van der Waals surface area contributed by atoms with E-state index in [-0.39, 0.29) is 0 Å². The van der Waals surface area contributed by atoms with Gasteiger partial charge in [0.05, 0.1) is 0 Å². The van der Waals surface area contributed by atoms with Crippen LogP contribution in [0.25, 0.3) is 0 Å². The van der Waals surface area contributed by atoms with Crippen molar-refractivity contribution in [2.24, 2.45) is 0 Å². The molecule has 1 heterocycles. The number of nitrogens with zero attached hydrogens (tertiary/aromatic N) is 1. The van der Waals surface area contributed by atoms with Crippen molar-refractivity contribution >= 4 is 5.69 Å². The van der Waals surface area contributed by atoms with E-state index in [9.17, 15) is 0 Å². The van der Waals surface area contributed by atoms with Crippen molar-refractivity contribution < 1.29 is 0 Å². The van der Waals surface area contributed by atoms with Gasteiger partial charge in [-0.05, 0) is 55.5 Å². The monoisotopic (exact) mass is 280 g/mol. The minimum atomic E-state index is 0.445. The Balaban J connectivity index is 1.85. The standard InChI is InChI=1S/C19H24N2/c1-13-7-8-17(14(2)11-13)15(3)21-10-9-18-16(12-21)5-4-6-19(18)20/h4-8,11,15H,9-10,12,20H2,1-3H3.